The lowest BCUT2D eigenvalue weighted by atomic mass is 9.66. The van der Waals surface area contributed by atoms with Gasteiger partial charge in [0.15, 0.2) is 0 Å². The van der Waals surface area contributed by atoms with Crippen LogP contribution in [0, 0.1) is 11.8 Å². The van der Waals surface area contributed by atoms with E-state index < -0.39 is 21.0 Å². The van der Waals surface area contributed by atoms with Gasteiger partial charge in [-0.2, -0.15) is 0 Å². The summed E-state index contributed by atoms with van der Waals surface area (Å²) in [6.45, 7) is 4.46. The molecule has 0 bridgehead atoms. The highest BCUT2D eigenvalue weighted by molar-refractivity contribution is 7.86. The van der Waals surface area contributed by atoms with Crippen LogP contribution >= 0.6 is 0 Å². The number of unbranched alkanes of at least 4 members (excludes halogenated alkanes) is 2. The van der Waals surface area contributed by atoms with Crippen molar-refractivity contribution in [1.29, 1.82) is 0 Å². The molecule has 1 aliphatic carbocycles. The Balaban J connectivity index is 2.08. The molecule has 1 saturated carbocycles. The zero-order valence-corrected chi connectivity index (χ0v) is 14.2. The molecule has 0 aromatic heterocycles. The van der Waals surface area contributed by atoms with E-state index in [9.17, 15) is 13.0 Å². The molecular weight excluding hydrogens is 288 g/mol. The molecule has 0 aromatic carbocycles. The third-order valence-corrected chi connectivity index (χ3v) is 6.59. The van der Waals surface area contributed by atoms with Crippen molar-refractivity contribution < 1.29 is 17.7 Å². The van der Waals surface area contributed by atoms with Crippen LogP contribution in [-0.2, 0) is 14.9 Å². The summed E-state index contributed by atoms with van der Waals surface area (Å²) in [6, 6.07) is 0. The Kier molecular flexibility index (Phi) is 5.71. The summed E-state index contributed by atoms with van der Waals surface area (Å²) in [5, 5.41) is -0.807. The van der Waals surface area contributed by atoms with E-state index in [4.69, 9.17) is 4.74 Å². The largest absolute Gasteiger partial charge is 0.748 e. The Morgan fingerprint density at radius 3 is 1.95 bits per heavy atom. The quantitative estimate of drug-likeness (QED) is 0.674. The SMILES string of the molecule is CCCCC1CC(CCCC)CC2(C1)OCC2S(=O)(=O)[O-]. The van der Waals surface area contributed by atoms with Gasteiger partial charge in [0, 0.05) is 0 Å². The molecule has 3 unspecified atom stereocenters. The van der Waals surface area contributed by atoms with Crippen LogP contribution in [0.3, 0.4) is 0 Å². The zero-order chi connectivity index (χ0) is 15.5. The number of ether oxygens (including phenoxy) is 1. The standard InChI is InChI=1S/C16H30O4S/c1-3-5-7-13-9-14(8-6-4-2)11-16(10-13)15(12-20-16)21(17,18)19/h13-15H,3-12H2,1-2H3,(H,17,18,19)/p-1. The van der Waals surface area contributed by atoms with Crippen molar-refractivity contribution in [2.75, 3.05) is 6.61 Å². The fourth-order valence-corrected chi connectivity index (χ4v) is 5.26. The topological polar surface area (TPSA) is 66.4 Å². The Labute approximate surface area is 129 Å². The van der Waals surface area contributed by atoms with Gasteiger partial charge in [-0.25, -0.2) is 8.42 Å². The van der Waals surface area contributed by atoms with Gasteiger partial charge < -0.3 is 9.29 Å². The Hall–Kier alpha value is -0.130. The second-order valence-corrected chi connectivity index (χ2v) is 8.57. The number of hydrogen-bond acceptors (Lipinski definition) is 4. The molecule has 0 aromatic rings. The fraction of sp³-hybridized carbons (Fsp3) is 1.00. The van der Waals surface area contributed by atoms with E-state index >= 15 is 0 Å². The molecule has 2 rings (SSSR count). The van der Waals surface area contributed by atoms with Crippen LogP contribution < -0.4 is 0 Å². The van der Waals surface area contributed by atoms with Crippen molar-refractivity contribution in [1.82, 2.24) is 0 Å². The van der Waals surface area contributed by atoms with Crippen molar-refractivity contribution in [3.8, 4) is 0 Å². The Morgan fingerprint density at radius 2 is 1.62 bits per heavy atom. The molecule has 1 saturated heterocycles. The van der Waals surface area contributed by atoms with Gasteiger partial charge in [0.1, 0.15) is 15.4 Å². The third-order valence-electron chi connectivity index (χ3n) is 5.32. The van der Waals surface area contributed by atoms with Gasteiger partial charge >= 0.3 is 0 Å². The molecule has 1 spiro atoms. The maximum Gasteiger partial charge on any atom is 0.103 e. The first-order valence-corrected chi connectivity index (χ1v) is 9.97. The van der Waals surface area contributed by atoms with E-state index in [1.807, 2.05) is 0 Å². The van der Waals surface area contributed by atoms with Crippen LogP contribution in [0.15, 0.2) is 0 Å². The van der Waals surface area contributed by atoms with Gasteiger partial charge in [-0.15, -0.1) is 0 Å². The molecule has 3 atom stereocenters. The minimum Gasteiger partial charge on any atom is -0.748 e. The molecule has 1 aliphatic heterocycles. The van der Waals surface area contributed by atoms with E-state index in [0.29, 0.717) is 11.8 Å². The predicted molar refractivity (Wildman–Crippen MR) is 82.0 cm³/mol. The summed E-state index contributed by atoms with van der Waals surface area (Å²) in [5.74, 6) is 1.04. The monoisotopic (exact) mass is 317 g/mol. The smallest absolute Gasteiger partial charge is 0.103 e. The van der Waals surface area contributed by atoms with Crippen molar-refractivity contribution in [2.24, 2.45) is 11.8 Å². The van der Waals surface area contributed by atoms with E-state index in [1.54, 1.807) is 0 Å². The number of rotatable bonds is 7. The maximum atomic E-state index is 11.5. The third kappa shape index (κ3) is 3.99. The van der Waals surface area contributed by atoms with Crippen LogP contribution in [0.4, 0.5) is 0 Å². The van der Waals surface area contributed by atoms with E-state index in [2.05, 4.69) is 13.8 Å². The average Bonchev–Trinajstić information content (AvgIpc) is 2.39. The summed E-state index contributed by atoms with van der Waals surface area (Å²) < 4.78 is 40.2. The zero-order valence-electron chi connectivity index (χ0n) is 13.3. The molecule has 0 radical (unpaired) electrons. The molecular formula is C16H29O4S-. The van der Waals surface area contributed by atoms with E-state index in [-0.39, 0.29) is 6.61 Å². The van der Waals surface area contributed by atoms with Crippen LogP contribution in [0.2, 0.25) is 0 Å². The highest BCUT2D eigenvalue weighted by Gasteiger charge is 2.55. The lowest BCUT2D eigenvalue weighted by Crippen LogP contribution is -2.64. The minimum absolute atomic E-state index is 0.104. The number of hydrogen-bond donors (Lipinski definition) is 0. The van der Waals surface area contributed by atoms with Gasteiger partial charge in [-0.1, -0.05) is 52.4 Å². The van der Waals surface area contributed by atoms with Crippen LogP contribution in [0.5, 0.6) is 0 Å². The first-order valence-electron chi connectivity index (χ1n) is 8.50. The molecule has 5 heteroatoms. The molecule has 4 nitrogen and oxygen atoms in total. The Morgan fingerprint density at radius 1 is 1.10 bits per heavy atom. The molecule has 124 valence electrons. The predicted octanol–water partition coefficient (Wildman–Crippen LogP) is 3.47. The normalized spacial score (nSPS) is 36.6. The first-order chi connectivity index (χ1) is 9.91. The first kappa shape index (κ1) is 17.2. The van der Waals surface area contributed by atoms with Gasteiger partial charge in [0.2, 0.25) is 0 Å². The van der Waals surface area contributed by atoms with Gasteiger partial charge in [0.05, 0.1) is 12.2 Å². The molecule has 2 aliphatic rings. The van der Waals surface area contributed by atoms with Crippen molar-refractivity contribution in [2.45, 2.75) is 82.5 Å². The van der Waals surface area contributed by atoms with Gasteiger partial charge in [-0.3, -0.25) is 0 Å². The van der Waals surface area contributed by atoms with Crippen molar-refractivity contribution in [3.05, 3.63) is 0 Å². The minimum atomic E-state index is -4.24. The second kappa shape index (κ2) is 6.97. The van der Waals surface area contributed by atoms with E-state index in [1.165, 1.54) is 19.3 Å². The molecule has 0 amide bonds. The lowest BCUT2D eigenvalue weighted by molar-refractivity contribution is -0.181. The maximum absolute atomic E-state index is 11.5. The lowest BCUT2D eigenvalue weighted by Gasteiger charge is -2.55. The van der Waals surface area contributed by atoms with Crippen molar-refractivity contribution >= 4 is 10.1 Å². The van der Waals surface area contributed by atoms with Crippen LogP contribution in [0.25, 0.3) is 0 Å². The molecule has 1 heterocycles. The van der Waals surface area contributed by atoms with Crippen LogP contribution in [-0.4, -0.2) is 30.4 Å². The second-order valence-electron chi connectivity index (χ2n) is 7.02. The van der Waals surface area contributed by atoms with Crippen molar-refractivity contribution in [3.63, 3.8) is 0 Å². The molecule has 21 heavy (non-hydrogen) atoms. The molecule has 2 fully saturated rings. The Bertz CT molecular complexity index is 416. The van der Waals surface area contributed by atoms with E-state index in [0.717, 1.165) is 38.5 Å². The summed E-state index contributed by atoms with van der Waals surface area (Å²) in [6.07, 6.45) is 9.65. The fourth-order valence-electron chi connectivity index (χ4n) is 4.24. The summed E-state index contributed by atoms with van der Waals surface area (Å²) in [4.78, 5) is 0. The van der Waals surface area contributed by atoms with Gasteiger partial charge in [-0.05, 0) is 31.1 Å². The highest BCUT2D eigenvalue weighted by atomic mass is 32.2. The average molecular weight is 317 g/mol. The summed E-state index contributed by atoms with van der Waals surface area (Å²) in [7, 11) is -4.24. The molecule has 0 N–H and O–H groups in total. The highest BCUT2D eigenvalue weighted by Crippen LogP contribution is 2.50. The van der Waals surface area contributed by atoms with Gasteiger partial charge in [0.25, 0.3) is 0 Å². The summed E-state index contributed by atoms with van der Waals surface area (Å²) >= 11 is 0. The van der Waals surface area contributed by atoms with Crippen LogP contribution in [0.1, 0.15) is 71.6 Å². The summed E-state index contributed by atoms with van der Waals surface area (Å²) in [5.41, 5.74) is -0.657.